The summed E-state index contributed by atoms with van der Waals surface area (Å²) in [5.74, 6) is 0.722. The molecule has 0 bridgehead atoms. The molecule has 0 atom stereocenters. The highest BCUT2D eigenvalue weighted by molar-refractivity contribution is 7.71. The summed E-state index contributed by atoms with van der Waals surface area (Å²) >= 11 is 5.00. The van der Waals surface area contributed by atoms with Crippen LogP contribution >= 0.6 is 12.2 Å². The van der Waals surface area contributed by atoms with E-state index in [1.54, 1.807) is 0 Å². The van der Waals surface area contributed by atoms with E-state index in [9.17, 15) is 4.79 Å². The summed E-state index contributed by atoms with van der Waals surface area (Å²) in [5, 5.41) is 0. The van der Waals surface area contributed by atoms with Crippen molar-refractivity contribution in [3.05, 3.63) is 26.4 Å². The molecule has 1 aromatic heterocycles. The molecule has 2 N–H and O–H groups in total. The molecule has 1 aromatic rings. The third kappa shape index (κ3) is 2.61. The van der Waals surface area contributed by atoms with Gasteiger partial charge in [0, 0.05) is 11.3 Å². The van der Waals surface area contributed by atoms with Crippen LogP contribution in [0.25, 0.3) is 0 Å². The Balaban J connectivity index is 2.20. The van der Waals surface area contributed by atoms with Crippen molar-refractivity contribution in [3.8, 4) is 0 Å². The lowest BCUT2D eigenvalue weighted by atomic mass is 9.85. The van der Waals surface area contributed by atoms with Gasteiger partial charge in [-0.15, -0.1) is 0 Å². The SMILES string of the molecule is Cc1c(CC2CCCCC2)[nH]c(=S)[nH]c1=O. The van der Waals surface area contributed by atoms with Gasteiger partial charge in [-0.2, -0.15) is 0 Å². The Labute approximate surface area is 100 Å². The number of H-pyrrole nitrogens is 2. The third-order valence-electron chi connectivity index (χ3n) is 3.50. The van der Waals surface area contributed by atoms with Gasteiger partial charge in [0.1, 0.15) is 0 Å². The van der Waals surface area contributed by atoms with Gasteiger partial charge in [-0.3, -0.25) is 9.78 Å². The number of hydrogen-bond acceptors (Lipinski definition) is 2. The molecule has 1 fully saturated rings. The number of aromatic amines is 2. The lowest BCUT2D eigenvalue weighted by Crippen LogP contribution is -2.18. The minimum absolute atomic E-state index is 0.0467. The molecule has 0 unspecified atom stereocenters. The van der Waals surface area contributed by atoms with Gasteiger partial charge in [0.25, 0.3) is 5.56 Å². The quantitative estimate of drug-likeness (QED) is 0.778. The smallest absolute Gasteiger partial charge is 0.254 e. The zero-order chi connectivity index (χ0) is 11.5. The Morgan fingerprint density at radius 1 is 1.25 bits per heavy atom. The molecule has 1 aliphatic rings. The maximum atomic E-state index is 11.6. The van der Waals surface area contributed by atoms with Gasteiger partial charge in [-0.05, 0) is 31.5 Å². The van der Waals surface area contributed by atoms with Gasteiger partial charge in [0.15, 0.2) is 4.77 Å². The van der Waals surface area contributed by atoms with E-state index in [0.717, 1.165) is 23.6 Å². The van der Waals surface area contributed by atoms with E-state index < -0.39 is 0 Å². The topological polar surface area (TPSA) is 48.6 Å². The van der Waals surface area contributed by atoms with Gasteiger partial charge < -0.3 is 4.98 Å². The predicted octanol–water partition coefficient (Wildman–Crippen LogP) is 2.86. The van der Waals surface area contributed by atoms with Gasteiger partial charge in [-0.25, -0.2) is 0 Å². The Hall–Kier alpha value is -0.900. The fraction of sp³-hybridized carbons (Fsp3) is 0.667. The summed E-state index contributed by atoms with van der Waals surface area (Å²) < 4.78 is 0.446. The second-order valence-corrected chi connectivity index (χ2v) is 5.13. The third-order valence-corrected chi connectivity index (χ3v) is 3.71. The summed E-state index contributed by atoms with van der Waals surface area (Å²) in [6.45, 7) is 1.86. The van der Waals surface area contributed by atoms with Crippen molar-refractivity contribution in [2.75, 3.05) is 0 Å². The molecule has 1 saturated carbocycles. The van der Waals surface area contributed by atoms with Crippen LogP contribution in [0.5, 0.6) is 0 Å². The fourth-order valence-corrected chi connectivity index (χ4v) is 2.70. The van der Waals surface area contributed by atoms with E-state index in [1.165, 1.54) is 32.1 Å². The predicted molar refractivity (Wildman–Crippen MR) is 67.3 cm³/mol. The Bertz CT molecular complexity index is 469. The molecule has 16 heavy (non-hydrogen) atoms. The summed E-state index contributed by atoms with van der Waals surface area (Å²) in [4.78, 5) is 17.3. The summed E-state index contributed by atoms with van der Waals surface area (Å²) in [6.07, 6.45) is 7.56. The molecule has 0 saturated heterocycles. The zero-order valence-corrected chi connectivity index (χ0v) is 10.5. The lowest BCUT2D eigenvalue weighted by molar-refractivity contribution is 0.353. The minimum Gasteiger partial charge on any atom is -0.336 e. The van der Waals surface area contributed by atoms with Crippen molar-refractivity contribution in [2.24, 2.45) is 5.92 Å². The number of nitrogens with one attached hydrogen (secondary N) is 2. The average molecular weight is 238 g/mol. The standard InChI is InChI=1S/C12H18N2OS/c1-8-10(13-12(16)14-11(8)15)7-9-5-3-2-4-6-9/h9H,2-7H2,1H3,(H2,13,14,15,16). The molecule has 0 amide bonds. The highest BCUT2D eigenvalue weighted by atomic mass is 32.1. The second-order valence-electron chi connectivity index (χ2n) is 4.72. The molecular formula is C12H18N2OS. The summed E-state index contributed by atoms with van der Waals surface area (Å²) in [6, 6.07) is 0. The van der Waals surface area contributed by atoms with Crippen molar-refractivity contribution in [3.63, 3.8) is 0 Å². The molecular weight excluding hydrogens is 220 g/mol. The molecule has 88 valence electrons. The van der Waals surface area contributed by atoms with Crippen LogP contribution in [0.15, 0.2) is 4.79 Å². The lowest BCUT2D eigenvalue weighted by Gasteiger charge is -2.21. The zero-order valence-electron chi connectivity index (χ0n) is 9.64. The number of hydrogen-bond donors (Lipinski definition) is 2. The van der Waals surface area contributed by atoms with Crippen LogP contribution < -0.4 is 5.56 Å². The first-order valence-electron chi connectivity index (χ1n) is 5.99. The molecule has 3 nitrogen and oxygen atoms in total. The molecule has 2 rings (SSSR count). The highest BCUT2D eigenvalue weighted by Crippen LogP contribution is 2.26. The van der Waals surface area contributed by atoms with E-state index in [0.29, 0.717) is 4.77 Å². The van der Waals surface area contributed by atoms with Gasteiger partial charge in [-0.1, -0.05) is 32.1 Å². The van der Waals surface area contributed by atoms with Crippen LogP contribution in [0, 0.1) is 17.6 Å². The van der Waals surface area contributed by atoms with Crippen LogP contribution in [0.3, 0.4) is 0 Å². The van der Waals surface area contributed by atoms with Gasteiger partial charge in [0.05, 0.1) is 0 Å². The minimum atomic E-state index is -0.0467. The van der Waals surface area contributed by atoms with Gasteiger partial charge >= 0.3 is 0 Å². The number of aromatic nitrogens is 2. The molecule has 4 heteroatoms. The maximum Gasteiger partial charge on any atom is 0.254 e. The summed E-state index contributed by atoms with van der Waals surface area (Å²) in [5.41, 5.74) is 1.77. The van der Waals surface area contributed by atoms with E-state index in [1.807, 2.05) is 6.92 Å². The molecule has 1 aliphatic carbocycles. The monoisotopic (exact) mass is 238 g/mol. The summed E-state index contributed by atoms with van der Waals surface area (Å²) in [7, 11) is 0. The first-order valence-corrected chi connectivity index (χ1v) is 6.39. The van der Waals surface area contributed by atoms with Crippen LogP contribution in [0.2, 0.25) is 0 Å². The van der Waals surface area contributed by atoms with Crippen LogP contribution in [0.1, 0.15) is 43.4 Å². The van der Waals surface area contributed by atoms with E-state index in [4.69, 9.17) is 12.2 Å². The maximum absolute atomic E-state index is 11.6. The molecule has 1 heterocycles. The molecule has 0 aromatic carbocycles. The Kier molecular flexibility index (Phi) is 3.59. The van der Waals surface area contributed by atoms with Gasteiger partial charge in [0.2, 0.25) is 0 Å². The Morgan fingerprint density at radius 2 is 1.94 bits per heavy atom. The first-order chi connectivity index (χ1) is 7.66. The molecule has 0 spiro atoms. The van der Waals surface area contributed by atoms with Crippen molar-refractivity contribution >= 4 is 12.2 Å². The number of rotatable bonds is 2. The van der Waals surface area contributed by atoms with E-state index >= 15 is 0 Å². The second kappa shape index (κ2) is 4.95. The Morgan fingerprint density at radius 3 is 2.62 bits per heavy atom. The van der Waals surface area contributed by atoms with E-state index in [2.05, 4.69) is 9.97 Å². The van der Waals surface area contributed by atoms with Crippen LogP contribution in [0.4, 0.5) is 0 Å². The molecule has 0 radical (unpaired) electrons. The van der Waals surface area contributed by atoms with Crippen molar-refractivity contribution in [1.29, 1.82) is 0 Å². The average Bonchev–Trinajstić information content (AvgIpc) is 2.27. The highest BCUT2D eigenvalue weighted by Gasteiger charge is 2.15. The van der Waals surface area contributed by atoms with Crippen molar-refractivity contribution in [2.45, 2.75) is 45.4 Å². The van der Waals surface area contributed by atoms with Crippen LogP contribution in [-0.4, -0.2) is 9.97 Å². The normalized spacial score (nSPS) is 17.6. The van der Waals surface area contributed by atoms with Crippen molar-refractivity contribution in [1.82, 2.24) is 9.97 Å². The van der Waals surface area contributed by atoms with Crippen LogP contribution in [-0.2, 0) is 6.42 Å². The molecule has 0 aliphatic heterocycles. The fourth-order valence-electron chi connectivity index (χ4n) is 2.48. The largest absolute Gasteiger partial charge is 0.336 e. The van der Waals surface area contributed by atoms with Crippen molar-refractivity contribution < 1.29 is 0 Å². The van der Waals surface area contributed by atoms with E-state index in [-0.39, 0.29) is 5.56 Å². The first kappa shape index (κ1) is 11.6.